The smallest absolute Gasteiger partial charge is 0.169 e. The van der Waals surface area contributed by atoms with Crippen LogP contribution >= 0.6 is 0 Å². The van der Waals surface area contributed by atoms with Crippen LogP contribution < -0.4 is 14.8 Å². The summed E-state index contributed by atoms with van der Waals surface area (Å²) in [5, 5.41) is 12.3. The van der Waals surface area contributed by atoms with Gasteiger partial charge in [-0.1, -0.05) is 36.4 Å². The van der Waals surface area contributed by atoms with Crippen molar-refractivity contribution in [3.05, 3.63) is 59.7 Å². The van der Waals surface area contributed by atoms with Gasteiger partial charge in [0.2, 0.25) is 0 Å². The van der Waals surface area contributed by atoms with Crippen LogP contribution in [0.5, 0.6) is 11.5 Å². The maximum atomic E-state index is 10.2. The number of hydrogen-bond acceptors (Lipinski definition) is 3. The Labute approximate surface area is 131 Å². The van der Waals surface area contributed by atoms with E-state index in [9.17, 15) is 5.11 Å². The minimum atomic E-state index is -0.470. The van der Waals surface area contributed by atoms with Gasteiger partial charge in [0.15, 0.2) is 11.5 Å². The van der Waals surface area contributed by atoms with Crippen LogP contribution in [-0.2, 0) is 6.54 Å². The van der Waals surface area contributed by atoms with Crippen molar-refractivity contribution in [2.45, 2.75) is 19.6 Å². The monoisotopic (exact) mass is 302 g/mol. The number of nitrogens with two attached hydrogens (primary N) is 1. The summed E-state index contributed by atoms with van der Waals surface area (Å²) >= 11 is 0. The van der Waals surface area contributed by atoms with E-state index in [1.54, 1.807) is 7.11 Å². The molecule has 3 N–H and O–H groups in total. The first-order valence-corrected chi connectivity index (χ1v) is 7.59. The van der Waals surface area contributed by atoms with Crippen molar-refractivity contribution in [2.75, 3.05) is 20.3 Å². The number of benzene rings is 2. The van der Waals surface area contributed by atoms with Crippen LogP contribution in [0, 0.1) is 0 Å². The summed E-state index contributed by atoms with van der Waals surface area (Å²) in [6.45, 7) is 3.89. The second kappa shape index (κ2) is 8.41. The van der Waals surface area contributed by atoms with E-state index in [-0.39, 0.29) is 0 Å². The van der Waals surface area contributed by atoms with Gasteiger partial charge in [-0.25, -0.2) is 0 Å². The molecule has 0 unspecified atom stereocenters. The second-order valence-corrected chi connectivity index (χ2v) is 5.04. The fourth-order valence-corrected chi connectivity index (χ4v) is 2.40. The number of ether oxygens (including phenoxy) is 2. The Hall–Kier alpha value is -2.04. The second-order valence-electron chi connectivity index (χ2n) is 5.04. The Balaban J connectivity index is 1.97. The molecule has 0 saturated carbocycles. The van der Waals surface area contributed by atoms with Gasteiger partial charge in [-0.2, -0.15) is 0 Å². The van der Waals surface area contributed by atoms with E-state index in [4.69, 9.17) is 9.47 Å². The molecule has 0 saturated heterocycles. The van der Waals surface area contributed by atoms with Crippen molar-refractivity contribution in [2.24, 2.45) is 0 Å². The molecule has 0 aromatic heterocycles. The van der Waals surface area contributed by atoms with Crippen LogP contribution in [0.4, 0.5) is 0 Å². The lowest BCUT2D eigenvalue weighted by Crippen LogP contribution is -2.83. The topological polar surface area (TPSA) is 55.3 Å². The van der Waals surface area contributed by atoms with Gasteiger partial charge in [0, 0.05) is 0 Å². The first-order valence-electron chi connectivity index (χ1n) is 7.59. The fourth-order valence-electron chi connectivity index (χ4n) is 2.40. The Morgan fingerprint density at radius 2 is 1.86 bits per heavy atom. The van der Waals surface area contributed by atoms with E-state index in [0.29, 0.717) is 13.2 Å². The molecule has 2 aromatic rings. The van der Waals surface area contributed by atoms with Gasteiger partial charge in [0.05, 0.1) is 19.3 Å². The maximum Gasteiger partial charge on any atom is 0.169 e. The first kappa shape index (κ1) is 16.3. The zero-order valence-electron chi connectivity index (χ0n) is 13.2. The van der Waals surface area contributed by atoms with Crippen LogP contribution in [0.2, 0.25) is 0 Å². The predicted molar refractivity (Wildman–Crippen MR) is 86.1 cm³/mol. The molecule has 0 spiro atoms. The van der Waals surface area contributed by atoms with Gasteiger partial charge >= 0.3 is 0 Å². The zero-order chi connectivity index (χ0) is 15.8. The minimum absolute atomic E-state index is 0.470. The van der Waals surface area contributed by atoms with Crippen LogP contribution in [0.1, 0.15) is 24.2 Å². The number of aliphatic hydroxyl groups excluding tert-OH is 1. The number of methoxy groups -OCH3 is 1. The lowest BCUT2D eigenvalue weighted by Gasteiger charge is -2.14. The van der Waals surface area contributed by atoms with E-state index in [0.717, 1.165) is 29.2 Å². The van der Waals surface area contributed by atoms with Crippen LogP contribution in [0.3, 0.4) is 0 Å². The standard InChI is InChI=1S/C18H23NO3/c1-3-22-18-15(10-7-11-17(18)21-2)12-19-13-16(20)14-8-5-4-6-9-14/h4-11,16,19-20H,3,12-13H2,1-2H3/p+1/t16-/m0/s1. The predicted octanol–water partition coefficient (Wildman–Crippen LogP) is 1.89. The van der Waals surface area contributed by atoms with Crippen molar-refractivity contribution in [1.29, 1.82) is 0 Å². The third kappa shape index (κ3) is 4.23. The Kier molecular flexibility index (Phi) is 6.25. The summed E-state index contributed by atoms with van der Waals surface area (Å²) in [7, 11) is 1.64. The molecule has 0 aliphatic carbocycles. The number of para-hydroxylation sites is 1. The van der Waals surface area contributed by atoms with E-state index in [2.05, 4.69) is 5.32 Å². The van der Waals surface area contributed by atoms with Gasteiger partial charge in [0.25, 0.3) is 0 Å². The van der Waals surface area contributed by atoms with E-state index in [1.165, 1.54) is 0 Å². The maximum absolute atomic E-state index is 10.2. The number of hydrogen-bond donors (Lipinski definition) is 2. The van der Waals surface area contributed by atoms with Crippen LogP contribution in [0.15, 0.2) is 48.5 Å². The highest BCUT2D eigenvalue weighted by molar-refractivity contribution is 5.46. The molecule has 2 rings (SSSR count). The molecule has 1 atom stereocenters. The largest absolute Gasteiger partial charge is 0.493 e. The molecule has 0 aliphatic rings. The molecule has 0 bridgehead atoms. The lowest BCUT2D eigenvalue weighted by atomic mass is 10.1. The summed E-state index contributed by atoms with van der Waals surface area (Å²) in [6.07, 6.45) is -0.470. The molecule has 0 radical (unpaired) electrons. The van der Waals surface area contributed by atoms with E-state index >= 15 is 0 Å². The van der Waals surface area contributed by atoms with Crippen molar-refractivity contribution in [1.82, 2.24) is 0 Å². The highest BCUT2D eigenvalue weighted by Crippen LogP contribution is 2.30. The minimum Gasteiger partial charge on any atom is -0.493 e. The highest BCUT2D eigenvalue weighted by atomic mass is 16.5. The summed E-state index contributed by atoms with van der Waals surface area (Å²) in [6, 6.07) is 15.6. The Bertz CT molecular complexity index is 572. The van der Waals surface area contributed by atoms with E-state index in [1.807, 2.05) is 55.5 Å². The lowest BCUT2D eigenvalue weighted by molar-refractivity contribution is -0.677. The Morgan fingerprint density at radius 1 is 1.09 bits per heavy atom. The molecule has 22 heavy (non-hydrogen) atoms. The number of quaternary nitrogens is 1. The van der Waals surface area contributed by atoms with Crippen molar-refractivity contribution in [3.8, 4) is 11.5 Å². The van der Waals surface area contributed by atoms with Gasteiger partial charge < -0.3 is 19.9 Å². The molecule has 118 valence electrons. The molecule has 0 aliphatic heterocycles. The molecular weight excluding hydrogens is 278 g/mol. The molecule has 0 fully saturated rings. The average Bonchev–Trinajstić information content (AvgIpc) is 2.57. The van der Waals surface area contributed by atoms with Crippen LogP contribution in [0.25, 0.3) is 0 Å². The van der Waals surface area contributed by atoms with Crippen LogP contribution in [-0.4, -0.2) is 25.4 Å². The van der Waals surface area contributed by atoms with Crippen molar-refractivity contribution < 1.29 is 19.9 Å². The number of aliphatic hydroxyl groups is 1. The quantitative estimate of drug-likeness (QED) is 0.783. The van der Waals surface area contributed by atoms with Crippen molar-refractivity contribution in [3.63, 3.8) is 0 Å². The average molecular weight is 302 g/mol. The molecule has 0 heterocycles. The van der Waals surface area contributed by atoms with Gasteiger partial charge in [-0.3, -0.25) is 0 Å². The number of rotatable bonds is 8. The SMILES string of the molecule is CCOc1c(C[NH2+]C[C@H](O)c2ccccc2)cccc1OC. The summed E-state index contributed by atoms with van der Waals surface area (Å²) in [4.78, 5) is 0. The van der Waals surface area contributed by atoms with Crippen molar-refractivity contribution >= 4 is 0 Å². The van der Waals surface area contributed by atoms with Gasteiger partial charge in [-0.05, 0) is 24.6 Å². The van der Waals surface area contributed by atoms with E-state index < -0.39 is 6.10 Å². The zero-order valence-corrected chi connectivity index (χ0v) is 13.2. The first-order chi connectivity index (χ1) is 10.8. The highest BCUT2D eigenvalue weighted by Gasteiger charge is 2.13. The fraction of sp³-hybridized carbons (Fsp3) is 0.333. The van der Waals surface area contributed by atoms with Gasteiger partial charge in [0.1, 0.15) is 19.2 Å². The normalized spacial score (nSPS) is 12.0. The third-order valence-corrected chi connectivity index (χ3v) is 3.51. The summed E-state index contributed by atoms with van der Waals surface area (Å²) in [5.74, 6) is 1.54. The summed E-state index contributed by atoms with van der Waals surface area (Å²) in [5.41, 5.74) is 2.01. The molecule has 0 amide bonds. The molecular formula is C18H24NO3+. The molecule has 2 aromatic carbocycles. The van der Waals surface area contributed by atoms with Gasteiger partial charge in [-0.15, -0.1) is 0 Å². The molecule has 4 heteroatoms. The Morgan fingerprint density at radius 3 is 2.55 bits per heavy atom. The summed E-state index contributed by atoms with van der Waals surface area (Å²) < 4.78 is 11.0. The molecule has 4 nitrogen and oxygen atoms in total. The third-order valence-electron chi connectivity index (χ3n) is 3.51.